The number of hydrogen-bond donors (Lipinski definition) is 0. The second kappa shape index (κ2) is 4.60. The van der Waals surface area contributed by atoms with E-state index in [0.717, 1.165) is 18.5 Å². The van der Waals surface area contributed by atoms with Crippen LogP contribution in [0.4, 0.5) is 0 Å². The molecule has 1 rings (SSSR count). The van der Waals surface area contributed by atoms with E-state index < -0.39 is 0 Å². The lowest BCUT2D eigenvalue weighted by Crippen LogP contribution is -2.01. The second-order valence-corrected chi connectivity index (χ2v) is 2.83. The van der Waals surface area contributed by atoms with Gasteiger partial charge in [0.05, 0.1) is 6.20 Å². The van der Waals surface area contributed by atoms with Crippen LogP contribution in [0.5, 0.6) is 5.75 Å². The molecule has 0 spiro atoms. The predicted octanol–water partition coefficient (Wildman–Crippen LogP) is 1.96. The molecule has 0 aliphatic carbocycles. The molecule has 0 fully saturated rings. The van der Waals surface area contributed by atoms with Gasteiger partial charge in [0.15, 0.2) is 0 Å². The molecule has 0 bridgehead atoms. The SMILES string of the molecule is CCCc1ccc(OC(C)=O)cn1. The lowest BCUT2D eigenvalue weighted by atomic mass is 10.2. The summed E-state index contributed by atoms with van der Waals surface area (Å²) in [4.78, 5) is 14.7. The van der Waals surface area contributed by atoms with Gasteiger partial charge in [-0.15, -0.1) is 0 Å². The molecule has 0 atom stereocenters. The maximum absolute atomic E-state index is 10.6. The maximum Gasteiger partial charge on any atom is 0.308 e. The minimum atomic E-state index is -0.315. The van der Waals surface area contributed by atoms with Crippen molar-refractivity contribution in [1.82, 2.24) is 4.98 Å². The van der Waals surface area contributed by atoms with Gasteiger partial charge in [0.2, 0.25) is 0 Å². The minimum absolute atomic E-state index is 0.315. The summed E-state index contributed by atoms with van der Waals surface area (Å²) in [6.07, 6.45) is 3.60. The van der Waals surface area contributed by atoms with E-state index in [0.29, 0.717) is 5.75 Å². The largest absolute Gasteiger partial charge is 0.425 e. The van der Waals surface area contributed by atoms with E-state index in [9.17, 15) is 4.79 Å². The van der Waals surface area contributed by atoms with Crippen molar-refractivity contribution in [1.29, 1.82) is 0 Å². The van der Waals surface area contributed by atoms with Gasteiger partial charge in [-0.3, -0.25) is 9.78 Å². The summed E-state index contributed by atoms with van der Waals surface area (Å²) in [5.41, 5.74) is 1.03. The number of carbonyl (C=O) groups is 1. The van der Waals surface area contributed by atoms with E-state index >= 15 is 0 Å². The van der Waals surface area contributed by atoms with Crippen molar-refractivity contribution in [2.75, 3.05) is 0 Å². The molecular formula is C10H13NO2. The Morgan fingerprint density at radius 2 is 2.31 bits per heavy atom. The van der Waals surface area contributed by atoms with Crippen LogP contribution >= 0.6 is 0 Å². The van der Waals surface area contributed by atoms with Crippen LogP contribution in [0.3, 0.4) is 0 Å². The molecule has 13 heavy (non-hydrogen) atoms. The number of esters is 1. The Morgan fingerprint density at radius 1 is 1.54 bits per heavy atom. The number of rotatable bonds is 3. The van der Waals surface area contributed by atoms with Crippen molar-refractivity contribution in [3.8, 4) is 5.75 Å². The number of carbonyl (C=O) groups excluding carboxylic acids is 1. The lowest BCUT2D eigenvalue weighted by molar-refractivity contribution is -0.131. The molecule has 0 unspecified atom stereocenters. The third-order valence-electron chi connectivity index (χ3n) is 1.57. The highest BCUT2D eigenvalue weighted by atomic mass is 16.5. The molecular weight excluding hydrogens is 166 g/mol. The fraction of sp³-hybridized carbons (Fsp3) is 0.400. The summed E-state index contributed by atoms with van der Waals surface area (Å²) < 4.78 is 4.85. The van der Waals surface area contributed by atoms with Gasteiger partial charge in [-0.2, -0.15) is 0 Å². The maximum atomic E-state index is 10.6. The standard InChI is InChI=1S/C10H13NO2/c1-3-4-9-5-6-10(7-11-9)13-8(2)12/h5-7H,3-4H2,1-2H3. The molecule has 1 heterocycles. The Hall–Kier alpha value is -1.38. The van der Waals surface area contributed by atoms with Crippen molar-refractivity contribution in [2.24, 2.45) is 0 Å². The Labute approximate surface area is 77.8 Å². The first-order valence-corrected chi connectivity index (χ1v) is 4.35. The number of hydrogen-bond acceptors (Lipinski definition) is 3. The molecule has 1 aromatic rings. The van der Waals surface area contributed by atoms with E-state index in [1.165, 1.54) is 6.92 Å². The first-order valence-electron chi connectivity index (χ1n) is 4.35. The van der Waals surface area contributed by atoms with Gasteiger partial charge >= 0.3 is 5.97 Å². The van der Waals surface area contributed by atoms with Gasteiger partial charge in [0.25, 0.3) is 0 Å². The Bertz CT molecular complexity index is 279. The Morgan fingerprint density at radius 3 is 2.77 bits per heavy atom. The van der Waals surface area contributed by atoms with Gasteiger partial charge in [-0.05, 0) is 18.6 Å². The molecule has 0 N–H and O–H groups in total. The van der Waals surface area contributed by atoms with Crippen LogP contribution in [-0.4, -0.2) is 11.0 Å². The number of pyridine rings is 1. The monoisotopic (exact) mass is 179 g/mol. The van der Waals surface area contributed by atoms with Crippen LogP contribution in [-0.2, 0) is 11.2 Å². The Balaban J connectivity index is 2.64. The van der Waals surface area contributed by atoms with E-state index in [1.807, 2.05) is 6.07 Å². The molecule has 0 saturated carbocycles. The Kier molecular flexibility index (Phi) is 3.43. The van der Waals surface area contributed by atoms with Crippen LogP contribution in [0, 0.1) is 0 Å². The molecule has 70 valence electrons. The quantitative estimate of drug-likeness (QED) is 0.666. The number of aromatic nitrogens is 1. The van der Waals surface area contributed by atoms with Gasteiger partial charge in [0, 0.05) is 12.6 Å². The van der Waals surface area contributed by atoms with E-state index in [-0.39, 0.29) is 5.97 Å². The zero-order valence-corrected chi connectivity index (χ0v) is 7.91. The molecule has 3 heteroatoms. The third kappa shape index (κ3) is 3.23. The summed E-state index contributed by atoms with van der Waals surface area (Å²) in [6.45, 7) is 3.47. The van der Waals surface area contributed by atoms with Gasteiger partial charge in [-0.1, -0.05) is 13.3 Å². The molecule has 3 nitrogen and oxygen atoms in total. The fourth-order valence-electron chi connectivity index (χ4n) is 1.04. The smallest absolute Gasteiger partial charge is 0.308 e. The molecule has 0 radical (unpaired) electrons. The molecule has 0 aliphatic heterocycles. The zero-order valence-electron chi connectivity index (χ0n) is 7.91. The molecule has 0 amide bonds. The normalized spacial score (nSPS) is 9.69. The summed E-state index contributed by atoms with van der Waals surface area (Å²) >= 11 is 0. The van der Waals surface area contributed by atoms with Crippen molar-refractivity contribution < 1.29 is 9.53 Å². The first-order chi connectivity index (χ1) is 6.22. The highest BCUT2D eigenvalue weighted by Crippen LogP contribution is 2.10. The molecule has 0 aliphatic rings. The summed E-state index contributed by atoms with van der Waals surface area (Å²) in [5.74, 6) is 0.192. The van der Waals surface area contributed by atoms with E-state index in [4.69, 9.17) is 4.74 Å². The summed E-state index contributed by atoms with van der Waals surface area (Å²) in [7, 11) is 0. The van der Waals surface area contributed by atoms with Crippen LogP contribution in [0.15, 0.2) is 18.3 Å². The topological polar surface area (TPSA) is 39.2 Å². The first kappa shape index (κ1) is 9.71. The third-order valence-corrected chi connectivity index (χ3v) is 1.57. The number of nitrogens with zero attached hydrogens (tertiary/aromatic N) is 1. The number of ether oxygens (including phenoxy) is 1. The van der Waals surface area contributed by atoms with Crippen LogP contribution in [0.2, 0.25) is 0 Å². The molecule has 0 saturated heterocycles. The van der Waals surface area contributed by atoms with Crippen LogP contribution in [0.25, 0.3) is 0 Å². The van der Waals surface area contributed by atoms with Crippen molar-refractivity contribution >= 4 is 5.97 Å². The van der Waals surface area contributed by atoms with Crippen LogP contribution < -0.4 is 4.74 Å². The number of aryl methyl sites for hydroxylation is 1. The predicted molar refractivity (Wildman–Crippen MR) is 49.5 cm³/mol. The van der Waals surface area contributed by atoms with E-state index in [1.54, 1.807) is 12.3 Å². The highest BCUT2D eigenvalue weighted by Gasteiger charge is 1.98. The van der Waals surface area contributed by atoms with Gasteiger partial charge < -0.3 is 4.74 Å². The van der Waals surface area contributed by atoms with Crippen LogP contribution in [0.1, 0.15) is 26.0 Å². The molecule has 1 aromatic heterocycles. The van der Waals surface area contributed by atoms with Crippen molar-refractivity contribution in [3.63, 3.8) is 0 Å². The average molecular weight is 179 g/mol. The average Bonchev–Trinajstić information content (AvgIpc) is 2.08. The van der Waals surface area contributed by atoms with Gasteiger partial charge in [-0.25, -0.2) is 0 Å². The van der Waals surface area contributed by atoms with E-state index in [2.05, 4.69) is 11.9 Å². The zero-order chi connectivity index (χ0) is 9.68. The van der Waals surface area contributed by atoms with Gasteiger partial charge in [0.1, 0.15) is 5.75 Å². The lowest BCUT2D eigenvalue weighted by Gasteiger charge is -2.01. The van der Waals surface area contributed by atoms with Crippen molar-refractivity contribution in [3.05, 3.63) is 24.0 Å². The minimum Gasteiger partial charge on any atom is -0.425 e. The van der Waals surface area contributed by atoms with Crippen molar-refractivity contribution in [2.45, 2.75) is 26.7 Å². The summed E-state index contributed by atoms with van der Waals surface area (Å²) in [5, 5.41) is 0. The molecule has 0 aromatic carbocycles. The summed E-state index contributed by atoms with van der Waals surface area (Å²) in [6, 6.07) is 3.64. The fourth-order valence-corrected chi connectivity index (χ4v) is 1.04. The second-order valence-electron chi connectivity index (χ2n) is 2.83. The highest BCUT2D eigenvalue weighted by molar-refractivity contribution is 5.69.